The number of rotatable bonds is 6. The van der Waals surface area contributed by atoms with Gasteiger partial charge in [-0.05, 0) is 19.4 Å². The van der Waals surface area contributed by atoms with Crippen molar-refractivity contribution in [1.29, 1.82) is 0 Å². The van der Waals surface area contributed by atoms with E-state index in [4.69, 9.17) is 4.52 Å². The molecule has 0 aliphatic rings. The molecule has 0 aliphatic heterocycles. The summed E-state index contributed by atoms with van der Waals surface area (Å²) in [6, 6.07) is 10.6. The van der Waals surface area contributed by atoms with Crippen LogP contribution in [0, 0.1) is 6.92 Å². The maximum atomic E-state index is 12.2. The summed E-state index contributed by atoms with van der Waals surface area (Å²) in [5, 5.41) is 6.44. The van der Waals surface area contributed by atoms with Crippen LogP contribution in [0.3, 0.4) is 0 Å². The lowest BCUT2D eigenvalue weighted by Crippen LogP contribution is -2.41. The number of aromatic nitrogens is 1. The second kappa shape index (κ2) is 6.82. The number of sulfonamides is 1. The van der Waals surface area contributed by atoms with Gasteiger partial charge in [0.1, 0.15) is 12.3 Å². The van der Waals surface area contributed by atoms with Crippen molar-refractivity contribution in [1.82, 2.24) is 10.5 Å². The minimum absolute atomic E-state index is 0.0903. The van der Waals surface area contributed by atoms with Crippen molar-refractivity contribution in [2.24, 2.45) is 0 Å². The van der Waals surface area contributed by atoms with E-state index in [9.17, 15) is 13.2 Å². The van der Waals surface area contributed by atoms with Crippen molar-refractivity contribution < 1.29 is 17.7 Å². The van der Waals surface area contributed by atoms with Gasteiger partial charge in [-0.25, -0.2) is 12.7 Å². The first-order valence-corrected chi connectivity index (χ1v) is 8.87. The molecule has 2 aromatic rings. The summed E-state index contributed by atoms with van der Waals surface area (Å²) < 4.78 is 29.6. The molecule has 7 nitrogen and oxygen atoms in total. The number of carbonyl (C=O) groups is 1. The Morgan fingerprint density at radius 3 is 2.52 bits per heavy atom. The maximum Gasteiger partial charge on any atom is 0.241 e. The molecular formula is C15H19N3O4S. The van der Waals surface area contributed by atoms with Gasteiger partial charge < -0.3 is 9.84 Å². The highest BCUT2D eigenvalue weighted by Gasteiger charge is 2.24. The van der Waals surface area contributed by atoms with E-state index in [-0.39, 0.29) is 18.4 Å². The number of hydrogen-bond donors (Lipinski definition) is 1. The number of nitrogens with zero attached hydrogens (tertiary/aromatic N) is 2. The summed E-state index contributed by atoms with van der Waals surface area (Å²) in [6.07, 6.45) is 1.02. The Morgan fingerprint density at radius 1 is 1.35 bits per heavy atom. The molecule has 124 valence electrons. The second-order valence-electron chi connectivity index (χ2n) is 5.27. The molecule has 0 aliphatic carbocycles. The number of aryl methyl sites for hydroxylation is 1. The van der Waals surface area contributed by atoms with Gasteiger partial charge >= 0.3 is 0 Å². The molecule has 2 rings (SSSR count). The summed E-state index contributed by atoms with van der Waals surface area (Å²) in [4.78, 5) is 12.2. The van der Waals surface area contributed by atoms with E-state index >= 15 is 0 Å². The van der Waals surface area contributed by atoms with Crippen LogP contribution in [0.2, 0.25) is 0 Å². The number of hydrogen-bond acceptors (Lipinski definition) is 5. The lowest BCUT2D eigenvalue weighted by Gasteiger charge is -2.20. The topological polar surface area (TPSA) is 92.5 Å². The Kier molecular flexibility index (Phi) is 5.05. The van der Waals surface area contributed by atoms with E-state index in [1.165, 1.54) is 6.07 Å². The molecule has 1 heterocycles. The van der Waals surface area contributed by atoms with Crippen LogP contribution in [-0.4, -0.2) is 32.3 Å². The number of amides is 1. The zero-order valence-corrected chi connectivity index (χ0v) is 14.0. The molecular weight excluding hydrogens is 318 g/mol. The van der Waals surface area contributed by atoms with Gasteiger partial charge in [-0.1, -0.05) is 35.5 Å². The molecule has 1 unspecified atom stereocenters. The van der Waals surface area contributed by atoms with Gasteiger partial charge in [-0.15, -0.1) is 0 Å². The molecule has 1 atom stereocenters. The first kappa shape index (κ1) is 17.0. The minimum atomic E-state index is -3.65. The van der Waals surface area contributed by atoms with Crippen LogP contribution in [0.1, 0.15) is 24.3 Å². The van der Waals surface area contributed by atoms with E-state index in [2.05, 4.69) is 10.5 Å². The largest absolute Gasteiger partial charge is 0.360 e. The highest BCUT2D eigenvalue weighted by molar-refractivity contribution is 7.92. The van der Waals surface area contributed by atoms with E-state index < -0.39 is 15.9 Å². The average molecular weight is 337 g/mol. The second-order valence-corrected chi connectivity index (χ2v) is 7.17. The van der Waals surface area contributed by atoms with Crippen molar-refractivity contribution in [3.05, 3.63) is 47.7 Å². The molecule has 0 radical (unpaired) electrons. The van der Waals surface area contributed by atoms with Crippen molar-refractivity contribution in [2.75, 3.05) is 17.1 Å². The van der Waals surface area contributed by atoms with Gasteiger partial charge in [0.25, 0.3) is 0 Å². The Bertz CT molecular complexity index is 771. The Labute approximate surface area is 135 Å². The SMILES string of the molecule is Cc1cc(N(CC(=O)NC(C)c2ccccc2)S(C)(=O)=O)no1. The van der Waals surface area contributed by atoms with Gasteiger partial charge in [-0.2, -0.15) is 0 Å². The lowest BCUT2D eigenvalue weighted by molar-refractivity contribution is -0.120. The van der Waals surface area contributed by atoms with Gasteiger partial charge in [-0.3, -0.25) is 4.79 Å². The summed E-state index contributed by atoms with van der Waals surface area (Å²) in [5.74, 6) is 0.131. The van der Waals surface area contributed by atoms with Gasteiger partial charge in [0, 0.05) is 6.07 Å². The highest BCUT2D eigenvalue weighted by Crippen LogP contribution is 2.17. The van der Waals surface area contributed by atoms with Crippen molar-refractivity contribution >= 4 is 21.7 Å². The summed E-state index contributed by atoms with van der Waals surface area (Å²) in [5.41, 5.74) is 0.934. The number of nitrogens with one attached hydrogen (secondary N) is 1. The van der Waals surface area contributed by atoms with E-state index in [0.29, 0.717) is 5.76 Å². The summed E-state index contributed by atoms with van der Waals surface area (Å²) in [7, 11) is -3.65. The van der Waals surface area contributed by atoms with Crippen LogP contribution >= 0.6 is 0 Å². The fourth-order valence-corrected chi connectivity index (χ4v) is 2.86. The van der Waals surface area contributed by atoms with E-state index in [1.54, 1.807) is 6.92 Å². The summed E-state index contributed by atoms with van der Waals surface area (Å²) >= 11 is 0. The van der Waals surface area contributed by atoms with Crippen LogP contribution < -0.4 is 9.62 Å². The fraction of sp³-hybridized carbons (Fsp3) is 0.333. The lowest BCUT2D eigenvalue weighted by atomic mass is 10.1. The van der Waals surface area contributed by atoms with Gasteiger partial charge in [0.15, 0.2) is 5.82 Å². The molecule has 1 aromatic carbocycles. The number of carbonyl (C=O) groups excluding carboxylic acids is 1. The molecule has 0 bridgehead atoms. The predicted octanol–water partition coefficient (Wildman–Crippen LogP) is 1.63. The molecule has 0 saturated heterocycles. The van der Waals surface area contributed by atoms with Crippen LogP contribution in [0.25, 0.3) is 0 Å². The fourth-order valence-electron chi connectivity index (χ4n) is 2.08. The van der Waals surface area contributed by atoms with Crippen LogP contribution in [-0.2, 0) is 14.8 Å². The first-order chi connectivity index (χ1) is 10.8. The molecule has 0 saturated carbocycles. The minimum Gasteiger partial charge on any atom is -0.360 e. The van der Waals surface area contributed by atoms with Crippen molar-refractivity contribution in [2.45, 2.75) is 19.9 Å². The normalized spacial score (nSPS) is 12.7. The molecule has 0 fully saturated rings. The van der Waals surface area contributed by atoms with Gasteiger partial charge in [0.05, 0.1) is 12.3 Å². The smallest absolute Gasteiger partial charge is 0.241 e. The van der Waals surface area contributed by atoms with Crippen LogP contribution in [0.4, 0.5) is 5.82 Å². The maximum absolute atomic E-state index is 12.2. The zero-order valence-electron chi connectivity index (χ0n) is 13.2. The first-order valence-electron chi connectivity index (χ1n) is 7.02. The monoisotopic (exact) mass is 337 g/mol. The Morgan fingerprint density at radius 2 is 2.00 bits per heavy atom. The highest BCUT2D eigenvalue weighted by atomic mass is 32.2. The third-order valence-electron chi connectivity index (χ3n) is 3.24. The number of benzene rings is 1. The quantitative estimate of drug-likeness (QED) is 0.865. The predicted molar refractivity (Wildman–Crippen MR) is 86.4 cm³/mol. The molecule has 23 heavy (non-hydrogen) atoms. The molecule has 1 amide bonds. The van der Waals surface area contributed by atoms with E-state index in [1.807, 2.05) is 37.3 Å². The Hall–Kier alpha value is -2.35. The van der Waals surface area contributed by atoms with Crippen molar-refractivity contribution in [3.8, 4) is 0 Å². The standard InChI is InChI=1S/C15H19N3O4S/c1-11-9-14(17-22-11)18(23(3,20)21)10-15(19)16-12(2)13-7-5-4-6-8-13/h4-9,12H,10H2,1-3H3,(H,16,19). The number of anilines is 1. The van der Waals surface area contributed by atoms with Crippen LogP contribution in [0.5, 0.6) is 0 Å². The summed E-state index contributed by atoms with van der Waals surface area (Å²) in [6.45, 7) is 3.12. The average Bonchev–Trinajstić information content (AvgIpc) is 2.90. The molecule has 8 heteroatoms. The Balaban J connectivity index is 2.09. The van der Waals surface area contributed by atoms with Crippen LogP contribution in [0.15, 0.2) is 40.9 Å². The third-order valence-corrected chi connectivity index (χ3v) is 4.35. The zero-order chi connectivity index (χ0) is 17.0. The third kappa shape index (κ3) is 4.56. The molecule has 1 aromatic heterocycles. The molecule has 0 spiro atoms. The van der Waals surface area contributed by atoms with Gasteiger partial charge in [0.2, 0.25) is 15.9 Å². The van der Waals surface area contributed by atoms with E-state index in [0.717, 1.165) is 16.1 Å². The molecule has 1 N–H and O–H groups in total. The van der Waals surface area contributed by atoms with Crippen molar-refractivity contribution in [3.63, 3.8) is 0 Å².